The maximum Gasteiger partial charge on any atom is 0.335 e. The van der Waals surface area contributed by atoms with Crippen LogP contribution in [0.25, 0.3) is 0 Å². The zero-order chi connectivity index (χ0) is 10.9. The van der Waals surface area contributed by atoms with E-state index >= 15 is 0 Å². The summed E-state index contributed by atoms with van der Waals surface area (Å²) in [4.78, 5) is 10.7. The number of hydrogen-bond acceptors (Lipinski definition) is 2. The van der Waals surface area contributed by atoms with E-state index in [0.29, 0.717) is 5.57 Å². The van der Waals surface area contributed by atoms with Gasteiger partial charge in [-0.05, 0) is 24.6 Å². The predicted octanol–water partition coefficient (Wildman–Crippen LogP) is 0.929. The fourth-order valence-corrected chi connectivity index (χ4v) is 1.51. The van der Waals surface area contributed by atoms with Gasteiger partial charge in [0, 0.05) is 0 Å². The van der Waals surface area contributed by atoms with Crippen molar-refractivity contribution in [1.82, 2.24) is 0 Å². The molecule has 2 N–H and O–H groups in total. The summed E-state index contributed by atoms with van der Waals surface area (Å²) in [6.45, 7) is 1.53. The van der Waals surface area contributed by atoms with E-state index in [1.807, 2.05) is 0 Å². The van der Waals surface area contributed by atoms with Gasteiger partial charge in [-0.3, -0.25) is 0 Å². The zero-order valence-electron chi connectivity index (χ0n) is 7.49. The smallest absolute Gasteiger partial charge is 0.335 e. The van der Waals surface area contributed by atoms with Crippen LogP contribution in [0.1, 0.15) is 6.92 Å². The van der Waals surface area contributed by atoms with Crippen molar-refractivity contribution in [3.63, 3.8) is 0 Å². The molecule has 0 saturated heterocycles. The number of terminal acetylenes is 1. The highest BCUT2D eigenvalue weighted by Crippen LogP contribution is 2.31. The third-order valence-electron chi connectivity index (χ3n) is 2.16. The lowest BCUT2D eigenvalue weighted by Gasteiger charge is -2.28. The van der Waals surface area contributed by atoms with E-state index in [9.17, 15) is 9.90 Å². The van der Waals surface area contributed by atoms with Crippen molar-refractivity contribution < 1.29 is 15.0 Å². The van der Waals surface area contributed by atoms with Gasteiger partial charge in [0.25, 0.3) is 0 Å². The number of halogens is 1. The van der Waals surface area contributed by atoms with Crippen LogP contribution in [0, 0.1) is 12.3 Å². The molecule has 0 aromatic rings. The van der Waals surface area contributed by atoms with Crippen molar-refractivity contribution >= 4 is 17.6 Å². The first-order chi connectivity index (χ1) is 6.42. The Balaban J connectivity index is 3.19. The highest BCUT2D eigenvalue weighted by atomic mass is 35.5. The fourth-order valence-electron chi connectivity index (χ4n) is 1.25. The van der Waals surface area contributed by atoms with E-state index in [-0.39, 0.29) is 5.57 Å². The highest BCUT2D eigenvalue weighted by molar-refractivity contribution is 6.24. The molecule has 4 heteroatoms. The van der Waals surface area contributed by atoms with E-state index in [1.165, 1.54) is 19.1 Å². The number of hydrogen-bond donors (Lipinski definition) is 2. The van der Waals surface area contributed by atoms with Crippen LogP contribution in [0.2, 0.25) is 0 Å². The molecule has 0 heterocycles. The second-order valence-electron chi connectivity index (χ2n) is 3.07. The monoisotopic (exact) mass is 212 g/mol. The normalized spacial score (nSPS) is 31.4. The van der Waals surface area contributed by atoms with Crippen molar-refractivity contribution in [3.05, 3.63) is 23.3 Å². The number of carbonyl (C=O) groups is 1. The van der Waals surface area contributed by atoms with Gasteiger partial charge in [-0.25, -0.2) is 4.79 Å². The molecule has 0 saturated carbocycles. The standard InChI is InChI=1S/C10H9ClO3/c1-3-10(14)5-4-7(9(12)13)6(2)8(10)11/h1,4-5,8,14H,2H3,(H,12,13). The van der Waals surface area contributed by atoms with E-state index in [1.54, 1.807) is 0 Å². The molecule has 0 amide bonds. The van der Waals surface area contributed by atoms with E-state index in [2.05, 4.69) is 5.92 Å². The Hall–Kier alpha value is -1.24. The maximum absolute atomic E-state index is 10.7. The Kier molecular flexibility index (Phi) is 2.70. The number of aliphatic hydroxyl groups is 1. The predicted molar refractivity (Wildman–Crippen MR) is 52.9 cm³/mol. The van der Waals surface area contributed by atoms with Crippen molar-refractivity contribution in [2.75, 3.05) is 0 Å². The van der Waals surface area contributed by atoms with Crippen LogP contribution >= 0.6 is 11.6 Å². The Morgan fingerprint density at radius 3 is 2.79 bits per heavy atom. The molecule has 0 fully saturated rings. The van der Waals surface area contributed by atoms with Crippen molar-refractivity contribution in [3.8, 4) is 12.3 Å². The van der Waals surface area contributed by atoms with Gasteiger partial charge in [-0.15, -0.1) is 18.0 Å². The molecule has 2 unspecified atom stereocenters. The van der Waals surface area contributed by atoms with Gasteiger partial charge in [0.05, 0.1) is 11.0 Å². The lowest BCUT2D eigenvalue weighted by atomic mass is 9.87. The number of alkyl halides is 1. The molecule has 1 rings (SSSR count). The van der Waals surface area contributed by atoms with Crippen LogP contribution in [-0.2, 0) is 4.79 Å². The van der Waals surface area contributed by atoms with Crippen LogP contribution in [0.3, 0.4) is 0 Å². The quantitative estimate of drug-likeness (QED) is 0.502. The molecule has 14 heavy (non-hydrogen) atoms. The third kappa shape index (κ3) is 1.54. The van der Waals surface area contributed by atoms with Gasteiger partial charge in [-0.2, -0.15) is 0 Å². The van der Waals surface area contributed by atoms with Crippen LogP contribution in [0.5, 0.6) is 0 Å². The third-order valence-corrected chi connectivity index (χ3v) is 2.82. The van der Waals surface area contributed by atoms with Gasteiger partial charge in [0.1, 0.15) is 0 Å². The Morgan fingerprint density at radius 1 is 1.79 bits per heavy atom. The molecule has 0 aromatic heterocycles. The molecule has 0 aromatic carbocycles. The summed E-state index contributed by atoms with van der Waals surface area (Å²) in [6, 6.07) is 0. The number of carboxylic acid groups (broad SMARTS) is 1. The first-order valence-electron chi connectivity index (χ1n) is 3.90. The zero-order valence-corrected chi connectivity index (χ0v) is 8.25. The average molecular weight is 213 g/mol. The van der Waals surface area contributed by atoms with E-state index in [0.717, 1.165) is 0 Å². The largest absolute Gasteiger partial charge is 0.478 e. The Labute approximate surface area is 86.7 Å². The molecule has 0 spiro atoms. The van der Waals surface area contributed by atoms with Gasteiger partial charge < -0.3 is 10.2 Å². The molecular weight excluding hydrogens is 204 g/mol. The van der Waals surface area contributed by atoms with Crippen LogP contribution in [0.4, 0.5) is 0 Å². The maximum atomic E-state index is 10.7. The molecule has 0 radical (unpaired) electrons. The van der Waals surface area contributed by atoms with Crippen molar-refractivity contribution in [1.29, 1.82) is 0 Å². The molecule has 0 aliphatic heterocycles. The average Bonchev–Trinajstić information content (AvgIpc) is 2.14. The van der Waals surface area contributed by atoms with E-state index < -0.39 is 16.9 Å². The molecule has 74 valence electrons. The summed E-state index contributed by atoms with van der Waals surface area (Å²) >= 11 is 5.85. The number of carboxylic acids is 1. The SMILES string of the molecule is C#CC1(O)C=CC(C(=O)O)=C(C)C1Cl. The van der Waals surface area contributed by atoms with E-state index in [4.69, 9.17) is 23.1 Å². The molecule has 3 nitrogen and oxygen atoms in total. The molecule has 0 bridgehead atoms. The first kappa shape index (κ1) is 10.8. The lowest BCUT2D eigenvalue weighted by Crippen LogP contribution is -2.39. The van der Waals surface area contributed by atoms with Crippen LogP contribution < -0.4 is 0 Å². The summed E-state index contributed by atoms with van der Waals surface area (Å²) < 4.78 is 0. The summed E-state index contributed by atoms with van der Waals surface area (Å²) in [6.07, 6.45) is 7.60. The van der Waals surface area contributed by atoms with Crippen molar-refractivity contribution in [2.24, 2.45) is 0 Å². The summed E-state index contributed by atoms with van der Waals surface area (Å²) in [7, 11) is 0. The molecule has 1 aliphatic rings. The van der Waals surface area contributed by atoms with Gasteiger partial charge >= 0.3 is 5.97 Å². The molecule has 1 aliphatic carbocycles. The summed E-state index contributed by atoms with van der Waals surface area (Å²) in [5.74, 6) is 1.05. The Morgan fingerprint density at radius 2 is 2.36 bits per heavy atom. The minimum atomic E-state index is -1.59. The van der Waals surface area contributed by atoms with Gasteiger partial charge in [0.15, 0.2) is 5.60 Å². The second kappa shape index (κ2) is 3.49. The molecular formula is C10H9ClO3. The summed E-state index contributed by atoms with van der Waals surface area (Å²) in [5.41, 5.74) is -1.16. The fraction of sp³-hybridized carbons (Fsp3) is 0.300. The van der Waals surface area contributed by atoms with Crippen LogP contribution in [-0.4, -0.2) is 27.2 Å². The first-order valence-corrected chi connectivity index (χ1v) is 4.33. The molecule has 2 atom stereocenters. The lowest BCUT2D eigenvalue weighted by molar-refractivity contribution is -0.132. The van der Waals surface area contributed by atoms with Crippen molar-refractivity contribution in [2.45, 2.75) is 17.9 Å². The minimum Gasteiger partial charge on any atom is -0.478 e. The summed E-state index contributed by atoms with van der Waals surface area (Å²) in [5, 5.41) is 17.6. The number of rotatable bonds is 1. The number of aliphatic carboxylic acids is 1. The highest BCUT2D eigenvalue weighted by Gasteiger charge is 2.37. The minimum absolute atomic E-state index is 0.0740. The topological polar surface area (TPSA) is 57.5 Å². The Bertz CT molecular complexity index is 375. The van der Waals surface area contributed by atoms with Crippen LogP contribution in [0.15, 0.2) is 23.3 Å². The van der Waals surface area contributed by atoms with Gasteiger partial charge in [0.2, 0.25) is 0 Å². The second-order valence-corrected chi connectivity index (χ2v) is 3.50. The van der Waals surface area contributed by atoms with Gasteiger partial charge in [-0.1, -0.05) is 5.92 Å².